The number of anilines is 1. The van der Waals surface area contributed by atoms with Gasteiger partial charge < -0.3 is 23.9 Å². The van der Waals surface area contributed by atoms with Gasteiger partial charge >= 0.3 is 0 Å². The van der Waals surface area contributed by atoms with Crippen LogP contribution in [0.15, 0.2) is 51.7 Å². The van der Waals surface area contributed by atoms with Crippen molar-refractivity contribution in [2.45, 2.75) is 13.8 Å². The molecular formula is C25H23NO6. The van der Waals surface area contributed by atoms with Crippen LogP contribution in [0.4, 0.5) is 5.69 Å². The third-order valence-corrected chi connectivity index (χ3v) is 5.54. The van der Waals surface area contributed by atoms with Crippen LogP contribution in [-0.2, 0) is 0 Å². The van der Waals surface area contributed by atoms with Gasteiger partial charge in [0.05, 0.1) is 32.1 Å². The van der Waals surface area contributed by atoms with Crippen LogP contribution in [-0.4, -0.2) is 27.2 Å². The van der Waals surface area contributed by atoms with Crippen LogP contribution in [0, 0.1) is 13.8 Å². The fraction of sp³-hybridized carbons (Fsp3) is 0.200. The van der Waals surface area contributed by atoms with Gasteiger partial charge in [-0.25, -0.2) is 0 Å². The molecule has 4 rings (SSSR count). The number of carbonyl (C=O) groups excluding carboxylic acids is 1. The first-order chi connectivity index (χ1) is 15.4. The van der Waals surface area contributed by atoms with Gasteiger partial charge in [-0.1, -0.05) is 6.07 Å². The van der Waals surface area contributed by atoms with Crippen LogP contribution >= 0.6 is 0 Å². The molecule has 0 spiro atoms. The molecule has 32 heavy (non-hydrogen) atoms. The van der Waals surface area contributed by atoms with Gasteiger partial charge in [-0.15, -0.1) is 0 Å². The van der Waals surface area contributed by atoms with E-state index in [4.69, 9.17) is 18.6 Å². The zero-order valence-corrected chi connectivity index (χ0v) is 18.5. The maximum atomic E-state index is 12.9. The van der Waals surface area contributed by atoms with Crippen LogP contribution < -0.4 is 25.0 Å². The highest BCUT2D eigenvalue weighted by atomic mass is 16.5. The Morgan fingerprint density at radius 1 is 0.875 bits per heavy atom. The van der Waals surface area contributed by atoms with E-state index in [-0.39, 0.29) is 11.3 Å². The second-order valence-electron chi connectivity index (χ2n) is 7.39. The number of nitrogens with one attached hydrogen (secondary N) is 1. The van der Waals surface area contributed by atoms with Crippen molar-refractivity contribution >= 4 is 33.5 Å². The van der Waals surface area contributed by atoms with Gasteiger partial charge in [-0.2, -0.15) is 0 Å². The molecule has 1 N–H and O–H groups in total. The minimum absolute atomic E-state index is 0.105. The second-order valence-corrected chi connectivity index (χ2v) is 7.39. The van der Waals surface area contributed by atoms with Gasteiger partial charge in [0.15, 0.2) is 11.5 Å². The molecule has 7 nitrogen and oxygen atoms in total. The molecule has 1 amide bonds. The summed E-state index contributed by atoms with van der Waals surface area (Å²) in [5, 5.41) is 3.82. The lowest BCUT2D eigenvalue weighted by atomic mass is 10.0. The topological polar surface area (TPSA) is 87.0 Å². The molecule has 4 aromatic rings. The number of carbonyl (C=O) groups is 1. The van der Waals surface area contributed by atoms with E-state index in [1.54, 1.807) is 36.4 Å². The number of aryl methyl sites for hydroxylation is 2. The number of ether oxygens (including phenoxy) is 3. The van der Waals surface area contributed by atoms with Crippen molar-refractivity contribution in [2.24, 2.45) is 0 Å². The van der Waals surface area contributed by atoms with E-state index < -0.39 is 0 Å². The fourth-order valence-corrected chi connectivity index (χ4v) is 3.64. The lowest BCUT2D eigenvalue weighted by Crippen LogP contribution is -2.13. The largest absolute Gasteiger partial charge is 0.493 e. The molecule has 0 unspecified atom stereocenters. The summed E-state index contributed by atoms with van der Waals surface area (Å²) in [4.78, 5) is 25.8. The normalized spacial score (nSPS) is 10.9. The number of rotatable bonds is 5. The standard InChI is InChI=1S/C25H23NO6/c1-13-6-8-18-22(27)17-9-7-16(12-19(17)32-23(18)14(13)2)26-25(28)15-10-20(29-3)24(31-5)21(11-15)30-4/h6-12H,1-5H3,(H,26,28). The summed E-state index contributed by atoms with van der Waals surface area (Å²) in [7, 11) is 4.46. The Balaban J connectivity index is 1.75. The van der Waals surface area contributed by atoms with Gasteiger partial charge in [0.1, 0.15) is 11.2 Å². The Bertz CT molecular complexity index is 1390. The van der Waals surface area contributed by atoms with E-state index in [1.807, 2.05) is 19.9 Å². The van der Waals surface area contributed by atoms with Crippen molar-refractivity contribution in [2.75, 3.05) is 26.6 Å². The SMILES string of the molecule is COc1cc(C(=O)Nc2ccc3c(=O)c4ccc(C)c(C)c4oc3c2)cc(OC)c1OC. The zero-order chi connectivity index (χ0) is 23.0. The predicted molar refractivity (Wildman–Crippen MR) is 124 cm³/mol. The summed E-state index contributed by atoms with van der Waals surface area (Å²) < 4.78 is 22.0. The Morgan fingerprint density at radius 3 is 2.16 bits per heavy atom. The molecule has 0 aliphatic carbocycles. The number of amides is 1. The molecule has 0 radical (unpaired) electrons. The van der Waals surface area contributed by atoms with E-state index >= 15 is 0 Å². The summed E-state index contributed by atoms with van der Waals surface area (Å²) in [6.45, 7) is 3.88. The Morgan fingerprint density at radius 2 is 1.53 bits per heavy atom. The van der Waals surface area contributed by atoms with Gasteiger partial charge in [-0.05, 0) is 55.3 Å². The highest BCUT2D eigenvalue weighted by Crippen LogP contribution is 2.38. The highest BCUT2D eigenvalue weighted by Gasteiger charge is 2.18. The molecule has 1 aromatic heterocycles. The average molecular weight is 433 g/mol. The average Bonchev–Trinajstić information content (AvgIpc) is 2.80. The third kappa shape index (κ3) is 3.51. The molecule has 0 aliphatic heterocycles. The molecule has 0 saturated heterocycles. The van der Waals surface area contributed by atoms with Crippen LogP contribution in [0.5, 0.6) is 17.2 Å². The van der Waals surface area contributed by atoms with E-state index in [0.717, 1.165) is 11.1 Å². The molecule has 0 bridgehead atoms. The van der Waals surface area contributed by atoms with E-state index in [0.29, 0.717) is 50.4 Å². The first-order valence-corrected chi connectivity index (χ1v) is 9.96. The number of hydrogen-bond acceptors (Lipinski definition) is 6. The van der Waals surface area contributed by atoms with Gasteiger partial charge in [-0.3, -0.25) is 9.59 Å². The second kappa shape index (κ2) is 8.26. The first kappa shape index (κ1) is 21.2. The van der Waals surface area contributed by atoms with Crippen LogP contribution in [0.3, 0.4) is 0 Å². The Kier molecular flexibility index (Phi) is 5.48. The number of methoxy groups -OCH3 is 3. The Hall–Kier alpha value is -4.00. The molecule has 0 fully saturated rings. The zero-order valence-electron chi connectivity index (χ0n) is 18.5. The van der Waals surface area contributed by atoms with Crippen molar-refractivity contribution in [3.8, 4) is 17.2 Å². The minimum Gasteiger partial charge on any atom is -0.493 e. The van der Waals surface area contributed by atoms with Crippen LogP contribution in [0.1, 0.15) is 21.5 Å². The van der Waals surface area contributed by atoms with Crippen molar-refractivity contribution in [3.63, 3.8) is 0 Å². The molecule has 0 atom stereocenters. The van der Waals surface area contributed by atoms with Crippen molar-refractivity contribution < 1.29 is 23.4 Å². The third-order valence-electron chi connectivity index (χ3n) is 5.54. The van der Waals surface area contributed by atoms with Crippen molar-refractivity contribution in [1.29, 1.82) is 0 Å². The van der Waals surface area contributed by atoms with Crippen molar-refractivity contribution in [1.82, 2.24) is 0 Å². The maximum absolute atomic E-state index is 12.9. The fourth-order valence-electron chi connectivity index (χ4n) is 3.64. The van der Waals surface area contributed by atoms with E-state index in [1.165, 1.54) is 21.3 Å². The van der Waals surface area contributed by atoms with Gasteiger partial charge in [0, 0.05) is 17.3 Å². The predicted octanol–water partition coefficient (Wildman–Crippen LogP) is 4.84. The summed E-state index contributed by atoms with van der Waals surface area (Å²) >= 11 is 0. The highest BCUT2D eigenvalue weighted by molar-refractivity contribution is 6.06. The molecule has 164 valence electrons. The lowest BCUT2D eigenvalue weighted by molar-refractivity contribution is 0.102. The van der Waals surface area contributed by atoms with Crippen LogP contribution in [0.2, 0.25) is 0 Å². The smallest absolute Gasteiger partial charge is 0.255 e. The van der Waals surface area contributed by atoms with Gasteiger partial charge in [0.25, 0.3) is 5.91 Å². The van der Waals surface area contributed by atoms with Crippen LogP contribution in [0.25, 0.3) is 21.9 Å². The quantitative estimate of drug-likeness (QED) is 0.453. The summed E-state index contributed by atoms with van der Waals surface area (Å²) in [5.74, 6) is 0.771. The molecule has 3 aromatic carbocycles. The summed E-state index contributed by atoms with van der Waals surface area (Å²) in [5.41, 5.74) is 3.61. The monoisotopic (exact) mass is 433 g/mol. The number of hydrogen-bond donors (Lipinski definition) is 1. The molecule has 0 aliphatic rings. The summed E-state index contributed by atoms with van der Waals surface area (Å²) in [6.07, 6.45) is 0. The molecule has 1 heterocycles. The van der Waals surface area contributed by atoms with Gasteiger partial charge in [0.2, 0.25) is 11.2 Å². The Labute approximate surface area is 184 Å². The molecule has 7 heteroatoms. The summed E-state index contributed by atoms with van der Waals surface area (Å²) in [6, 6.07) is 11.8. The lowest BCUT2D eigenvalue weighted by Gasteiger charge is -2.14. The minimum atomic E-state index is -0.376. The number of benzene rings is 3. The van der Waals surface area contributed by atoms with Crippen molar-refractivity contribution in [3.05, 3.63) is 69.4 Å². The first-order valence-electron chi connectivity index (χ1n) is 9.96. The van der Waals surface area contributed by atoms with E-state index in [2.05, 4.69) is 5.32 Å². The number of fused-ring (bicyclic) bond motifs is 2. The molecule has 0 saturated carbocycles. The molecular weight excluding hydrogens is 410 g/mol. The van der Waals surface area contributed by atoms with E-state index in [9.17, 15) is 9.59 Å². The maximum Gasteiger partial charge on any atom is 0.255 e.